The van der Waals surface area contributed by atoms with E-state index in [9.17, 15) is 14.7 Å². The highest BCUT2D eigenvalue weighted by atomic mass is 16.3. The number of aliphatic hydroxyl groups is 1. The van der Waals surface area contributed by atoms with Crippen molar-refractivity contribution in [1.29, 1.82) is 0 Å². The first-order chi connectivity index (χ1) is 11.5. The summed E-state index contributed by atoms with van der Waals surface area (Å²) < 4.78 is 1.86. The maximum Gasteiger partial charge on any atom is 0.356 e. The van der Waals surface area contributed by atoms with Gasteiger partial charge in [0.05, 0.1) is 11.7 Å². The average Bonchev–Trinajstić information content (AvgIpc) is 3.26. The molecule has 2 aliphatic rings. The van der Waals surface area contributed by atoms with Gasteiger partial charge in [-0.1, -0.05) is 0 Å². The van der Waals surface area contributed by atoms with Gasteiger partial charge in [0.15, 0.2) is 5.65 Å². The number of aromatic nitrogens is 4. The fourth-order valence-electron chi connectivity index (χ4n) is 3.34. The van der Waals surface area contributed by atoms with Gasteiger partial charge in [-0.3, -0.25) is 4.79 Å². The van der Waals surface area contributed by atoms with Gasteiger partial charge in [-0.15, -0.1) is 0 Å². The molecule has 128 valence electrons. The zero-order valence-electron chi connectivity index (χ0n) is 13.4. The van der Waals surface area contributed by atoms with Crippen LogP contribution in [0.3, 0.4) is 0 Å². The summed E-state index contributed by atoms with van der Waals surface area (Å²) in [5.41, 5.74) is -0.281. The van der Waals surface area contributed by atoms with E-state index in [1.165, 1.54) is 10.7 Å². The van der Waals surface area contributed by atoms with Crippen molar-refractivity contribution < 1.29 is 5.11 Å². The highest BCUT2D eigenvalue weighted by molar-refractivity contribution is 5.52. The fourth-order valence-corrected chi connectivity index (χ4v) is 3.34. The summed E-state index contributed by atoms with van der Waals surface area (Å²) in [6.45, 7) is 3.18. The first-order valence-corrected chi connectivity index (χ1v) is 8.19. The van der Waals surface area contributed by atoms with Crippen LogP contribution in [0.1, 0.15) is 37.7 Å². The Morgan fingerprint density at radius 2 is 2.08 bits per heavy atom. The van der Waals surface area contributed by atoms with E-state index in [-0.39, 0.29) is 17.9 Å². The standard InChI is InChI=1S/C15H20N6O3/c1-8(22)10-4-5-19(6-10)14-17-7-20-12(18-14)11(9-2-3-9)13(23)21(16)15(20)24/h7-10,22H,2-6,16H2,1H3. The van der Waals surface area contributed by atoms with Gasteiger partial charge < -0.3 is 15.8 Å². The number of fused-ring (bicyclic) bond motifs is 1. The SMILES string of the molecule is CC(O)C1CCN(c2ncn3c(=O)n(N)c(=O)c(C4CC4)c3n2)C1. The Kier molecular flexibility index (Phi) is 3.34. The minimum absolute atomic E-state index is 0.106. The maximum atomic E-state index is 12.4. The molecule has 0 bridgehead atoms. The van der Waals surface area contributed by atoms with Crippen LogP contribution in [0.5, 0.6) is 0 Å². The van der Waals surface area contributed by atoms with Crippen molar-refractivity contribution in [2.75, 3.05) is 23.8 Å². The molecule has 0 radical (unpaired) electrons. The molecule has 1 aliphatic heterocycles. The van der Waals surface area contributed by atoms with Crippen molar-refractivity contribution in [1.82, 2.24) is 19.0 Å². The molecule has 2 aromatic heterocycles. The lowest BCUT2D eigenvalue weighted by molar-refractivity contribution is 0.136. The van der Waals surface area contributed by atoms with E-state index in [4.69, 9.17) is 5.84 Å². The molecule has 9 heteroatoms. The van der Waals surface area contributed by atoms with E-state index in [0.717, 1.165) is 25.8 Å². The van der Waals surface area contributed by atoms with E-state index >= 15 is 0 Å². The Hall–Kier alpha value is -2.42. The van der Waals surface area contributed by atoms with Gasteiger partial charge in [-0.25, -0.2) is 14.2 Å². The van der Waals surface area contributed by atoms with Crippen molar-refractivity contribution in [2.24, 2.45) is 5.92 Å². The molecule has 2 fully saturated rings. The van der Waals surface area contributed by atoms with Gasteiger partial charge in [0.25, 0.3) is 5.56 Å². The molecule has 3 N–H and O–H groups in total. The van der Waals surface area contributed by atoms with Crippen LogP contribution < -0.4 is 22.0 Å². The van der Waals surface area contributed by atoms with Crippen LogP contribution >= 0.6 is 0 Å². The van der Waals surface area contributed by atoms with Crippen LogP contribution in [-0.4, -0.2) is 43.3 Å². The highest BCUT2D eigenvalue weighted by Crippen LogP contribution is 2.39. The summed E-state index contributed by atoms with van der Waals surface area (Å²) in [7, 11) is 0. The molecule has 1 saturated heterocycles. The van der Waals surface area contributed by atoms with E-state index < -0.39 is 11.2 Å². The monoisotopic (exact) mass is 332 g/mol. The Morgan fingerprint density at radius 1 is 1.33 bits per heavy atom. The van der Waals surface area contributed by atoms with Crippen LogP contribution in [0.4, 0.5) is 5.95 Å². The quantitative estimate of drug-likeness (QED) is 0.696. The molecule has 0 spiro atoms. The van der Waals surface area contributed by atoms with Crippen LogP contribution in [0.25, 0.3) is 5.65 Å². The van der Waals surface area contributed by atoms with Crippen LogP contribution in [0.2, 0.25) is 0 Å². The first kappa shape index (κ1) is 15.1. The van der Waals surface area contributed by atoms with E-state index in [1.54, 1.807) is 6.92 Å². The minimum Gasteiger partial charge on any atom is -0.393 e. The Labute approximate surface area is 137 Å². The molecule has 0 amide bonds. The molecule has 1 aliphatic carbocycles. The minimum atomic E-state index is -0.644. The lowest BCUT2D eigenvalue weighted by Crippen LogP contribution is -2.44. The second kappa shape index (κ2) is 5.30. The molecule has 0 aromatic carbocycles. The van der Waals surface area contributed by atoms with Gasteiger partial charge >= 0.3 is 5.69 Å². The van der Waals surface area contributed by atoms with E-state index in [0.29, 0.717) is 28.4 Å². The third kappa shape index (κ3) is 2.27. The number of nitrogen functional groups attached to an aromatic ring is 1. The second-order valence-corrected chi connectivity index (χ2v) is 6.73. The summed E-state index contributed by atoms with van der Waals surface area (Å²) in [5.74, 6) is 6.36. The van der Waals surface area contributed by atoms with Crippen molar-refractivity contribution in [3.05, 3.63) is 32.7 Å². The fraction of sp³-hybridized carbons (Fsp3) is 0.600. The normalized spacial score (nSPS) is 22.2. The topological polar surface area (TPSA) is 119 Å². The van der Waals surface area contributed by atoms with E-state index in [2.05, 4.69) is 9.97 Å². The summed E-state index contributed by atoms with van der Waals surface area (Å²) in [6, 6.07) is 0. The molecule has 2 aromatic rings. The van der Waals surface area contributed by atoms with Gasteiger partial charge in [0.2, 0.25) is 5.95 Å². The molecular formula is C15H20N6O3. The molecule has 4 rings (SSSR count). The van der Waals surface area contributed by atoms with E-state index in [1.807, 2.05) is 4.90 Å². The highest BCUT2D eigenvalue weighted by Gasteiger charge is 2.32. The van der Waals surface area contributed by atoms with Gasteiger partial charge in [0, 0.05) is 19.0 Å². The predicted molar refractivity (Wildman–Crippen MR) is 87.6 cm³/mol. The van der Waals surface area contributed by atoms with Crippen LogP contribution in [0, 0.1) is 5.92 Å². The van der Waals surface area contributed by atoms with Gasteiger partial charge in [0.1, 0.15) is 6.33 Å². The number of nitrogens with zero attached hydrogens (tertiary/aromatic N) is 5. The number of anilines is 1. The molecule has 9 nitrogen and oxygen atoms in total. The third-order valence-corrected chi connectivity index (χ3v) is 5.00. The summed E-state index contributed by atoms with van der Waals surface area (Å²) in [6.07, 6.45) is 3.65. The first-order valence-electron chi connectivity index (χ1n) is 8.19. The van der Waals surface area contributed by atoms with Gasteiger partial charge in [-0.05, 0) is 32.1 Å². The Balaban J connectivity index is 1.84. The summed E-state index contributed by atoms with van der Waals surface area (Å²) in [4.78, 5) is 35.3. The average molecular weight is 332 g/mol. The number of rotatable bonds is 3. The Morgan fingerprint density at radius 3 is 2.71 bits per heavy atom. The van der Waals surface area contributed by atoms with Crippen LogP contribution in [-0.2, 0) is 0 Å². The zero-order valence-corrected chi connectivity index (χ0v) is 13.4. The van der Waals surface area contributed by atoms with Crippen molar-refractivity contribution >= 4 is 11.6 Å². The summed E-state index contributed by atoms with van der Waals surface area (Å²) in [5, 5.41) is 9.75. The van der Waals surface area contributed by atoms with Gasteiger partial charge in [-0.2, -0.15) is 9.66 Å². The molecule has 1 saturated carbocycles. The molecule has 2 atom stereocenters. The summed E-state index contributed by atoms with van der Waals surface area (Å²) >= 11 is 0. The van der Waals surface area contributed by atoms with Crippen LogP contribution in [0.15, 0.2) is 15.9 Å². The third-order valence-electron chi connectivity index (χ3n) is 5.00. The smallest absolute Gasteiger partial charge is 0.356 e. The lowest BCUT2D eigenvalue weighted by Gasteiger charge is -2.18. The maximum absolute atomic E-state index is 12.4. The number of hydrogen-bond donors (Lipinski definition) is 2. The Bertz CT molecular complexity index is 914. The molecule has 3 heterocycles. The van der Waals surface area contributed by atoms with Crippen molar-refractivity contribution in [3.63, 3.8) is 0 Å². The largest absolute Gasteiger partial charge is 0.393 e. The molecule has 2 unspecified atom stereocenters. The second-order valence-electron chi connectivity index (χ2n) is 6.73. The van der Waals surface area contributed by atoms with Crippen molar-refractivity contribution in [2.45, 2.75) is 38.2 Å². The molecule has 24 heavy (non-hydrogen) atoms. The van der Waals surface area contributed by atoms with Crippen molar-refractivity contribution in [3.8, 4) is 0 Å². The molecular weight excluding hydrogens is 312 g/mol. The zero-order chi connectivity index (χ0) is 17.0. The lowest BCUT2D eigenvalue weighted by atomic mass is 10.0. The number of aliphatic hydroxyl groups excluding tert-OH is 1. The number of nitrogens with two attached hydrogens (primary N) is 1. The predicted octanol–water partition coefficient (Wildman–Crippen LogP) is -0.950. The number of hydrogen-bond acceptors (Lipinski definition) is 7.